The molecule has 1 aliphatic rings. The first-order valence-electron chi connectivity index (χ1n) is 8.46. The number of hydrogen-bond acceptors (Lipinski definition) is 4. The lowest BCUT2D eigenvalue weighted by Crippen LogP contribution is -2.32. The Balaban J connectivity index is 1.45. The lowest BCUT2D eigenvalue weighted by Gasteiger charge is -2.11. The largest absolute Gasteiger partial charge is 0.444 e. The van der Waals surface area contributed by atoms with E-state index < -0.39 is 12.1 Å². The second kappa shape index (κ2) is 7.03. The quantitative estimate of drug-likeness (QED) is 0.705. The number of nitrogens with one attached hydrogen (secondary N) is 1. The van der Waals surface area contributed by atoms with Crippen LogP contribution in [0.4, 0.5) is 9.18 Å². The molecule has 0 aliphatic carbocycles. The molecule has 1 unspecified atom stereocenters. The maximum atomic E-state index is 13.0. The molecule has 1 saturated heterocycles. The van der Waals surface area contributed by atoms with Gasteiger partial charge in [-0.3, -0.25) is 9.69 Å². The summed E-state index contributed by atoms with van der Waals surface area (Å²) in [6.45, 7) is 0.0145. The summed E-state index contributed by atoms with van der Waals surface area (Å²) in [7, 11) is 0. The summed E-state index contributed by atoms with van der Waals surface area (Å²) >= 11 is 0. The second-order valence-electron chi connectivity index (χ2n) is 6.27. The van der Waals surface area contributed by atoms with Crippen LogP contribution in [0.15, 0.2) is 65.3 Å². The molecule has 6 nitrogen and oxygen atoms in total. The summed E-state index contributed by atoms with van der Waals surface area (Å²) < 4.78 is 18.4. The van der Waals surface area contributed by atoms with E-state index in [1.807, 2.05) is 30.3 Å². The zero-order valence-electron chi connectivity index (χ0n) is 14.3. The molecule has 0 bridgehead atoms. The SMILES string of the molecule is O=C1NC(Cc2ccccc2)C(=O)N1Cc1coc(-c2ccc(F)cc2)n1. The lowest BCUT2D eigenvalue weighted by atomic mass is 10.1. The van der Waals surface area contributed by atoms with Gasteiger partial charge in [-0.25, -0.2) is 14.2 Å². The van der Waals surface area contributed by atoms with Gasteiger partial charge in [0.2, 0.25) is 5.89 Å². The van der Waals surface area contributed by atoms with E-state index in [1.54, 1.807) is 12.1 Å². The number of halogens is 1. The highest BCUT2D eigenvalue weighted by Gasteiger charge is 2.38. The number of aromatic nitrogens is 1. The lowest BCUT2D eigenvalue weighted by molar-refractivity contribution is -0.127. The van der Waals surface area contributed by atoms with Gasteiger partial charge >= 0.3 is 6.03 Å². The molecule has 0 radical (unpaired) electrons. The van der Waals surface area contributed by atoms with Gasteiger partial charge in [0.15, 0.2) is 0 Å². The third-order valence-corrected chi connectivity index (χ3v) is 4.35. The van der Waals surface area contributed by atoms with Crippen molar-refractivity contribution in [1.29, 1.82) is 0 Å². The number of nitrogens with zero attached hydrogens (tertiary/aromatic N) is 2. The number of urea groups is 1. The van der Waals surface area contributed by atoms with Gasteiger partial charge in [0.1, 0.15) is 18.1 Å². The van der Waals surface area contributed by atoms with Gasteiger partial charge in [0.05, 0.1) is 12.2 Å². The van der Waals surface area contributed by atoms with Crippen LogP contribution in [-0.2, 0) is 17.8 Å². The highest BCUT2D eigenvalue weighted by atomic mass is 19.1. The molecule has 2 aromatic carbocycles. The van der Waals surface area contributed by atoms with E-state index in [1.165, 1.54) is 18.4 Å². The van der Waals surface area contributed by atoms with Crippen molar-refractivity contribution >= 4 is 11.9 Å². The summed E-state index contributed by atoms with van der Waals surface area (Å²) in [4.78, 5) is 30.2. The fraction of sp³-hybridized carbons (Fsp3) is 0.150. The molecule has 0 spiro atoms. The van der Waals surface area contributed by atoms with E-state index in [-0.39, 0.29) is 18.3 Å². The third-order valence-electron chi connectivity index (χ3n) is 4.35. The highest BCUT2D eigenvalue weighted by Crippen LogP contribution is 2.21. The minimum absolute atomic E-state index is 0.0145. The second-order valence-corrected chi connectivity index (χ2v) is 6.27. The van der Waals surface area contributed by atoms with E-state index in [4.69, 9.17) is 4.42 Å². The van der Waals surface area contributed by atoms with Crippen molar-refractivity contribution < 1.29 is 18.4 Å². The molecular weight excluding hydrogens is 349 g/mol. The fourth-order valence-electron chi connectivity index (χ4n) is 2.98. The molecule has 2 heterocycles. The number of carbonyl (C=O) groups excluding carboxylic acids is 2. The molecule has 7 heteroatoms. The maximum absolute atomic E-state index is 13.0. The number of imide groups is 1. The van der Waals surface area contributed by atoms with Crippen molar-refractivity contribution in [3.63, 3.8) is 0 Å². The van der Waals surface area contributed by atoms with Crippen LogP contribution >= 0.6 is 0 Å². The Morgan fingerprint density at radius 3 is 2.56 bits per heavy atom. The van der Waals surface area contributed by atoms with Gasteiger partial charge in [-0.1, -0.05) is 30.3 Å². The van der Waals surface area contributed by atoms with Crippen molar-refractivity contribution in [1.82, 2.24) is 15.2 Å². The number of hydrogen-bond donors (Lipinski definition) is 1. The molecule has 4 rings (SSSR count). The van der Waals surface area contributed by atoms with Crippen LogP contribution in [0.1, 0.15) is 11.3 Å². The van der Waals surface area contributed by atoms with Gasteiger partial charge in [0.25, 0.3) is 5.91 Å². The normalized spacial score (nSPS) is 16.6. The minimum Gasteiger partial charge on any atom is -0.444 e. The van der Waals surface area contributed by atoms with Gasteiger partial charge in [0, 0.05) is 12.0 Å². The maximum Gasteiger partial charge on any atom is 0.325 e. The molecule has 1 atom stereocenters. The van der Waals surface area contributed by atoms with Crippen molar-refractivity contribution in [2.24, 2.45) is 0 Å². The van der Waals surface area contributed by atoms with Crippen molar-refractivity contribution in [3.8, 4) is 11.5 Å². The monoisotopic (exact) mass is 365 g/mol. The predicted molar refractivity (Wildman–Crippen MR) is 94.9 cm³/mol. The van der Waals surface area contributed by atoms with Crippen molar-refractivity contribution in [2.45, 2.75) is 19.0 Å². The molecule has 0 saturated carbocycles. The minimum atomic E-state index is -0.594. The highest BCUT2D eigenvalue weighted by molar-refractivity contribution is 6.04. The van der Waals surface area contributed by atoms with Crippen LogP contribution < -0.4 is 5.32 Å². The Bertz CT molecular complexity index is 970. The van der Waals surface area contributed by atoms with E-state index in [9.17, 15) is 14.0 Å². The van der Waals surface area contributed by atoms with Crippen LogP contribution in [0.3, 0.4) is 0 Å². The van der Waals surface area contributed by atoms with Crippen LogP contribution in [0, 0.1) is 5.82 Å². The standard InChI is InChI=1S/C20H16FN3O3/c21-15-8-6-14(7-9-15)18-22-16(12-27-18)11-24-19(25)17(23-20(24)26)10-13-4-2-1-3-5-13/h1-9,12,17H,10-11H2,(H,23,26). The molecular formula is C20H16FN3O3. The molecule has 136 valence electrons. The zero-order chi connectivity index (χ0) is 18.8. The number of benzene rings is 2. The van der Waals surface area contributed by atoms with Gasteiger partial charge < -0.3 is 9.73 Å². The Kier molecular flexibility index (Phi) is 4.42. The van der Waals surface area contributed by atoms with Crippen molar-refractivity contribution in [2.75, 3.05) is 0 Å². The Labute approximate surface area is 154 Å². The summed E-state index contributed by atoms with van der Waals surface area (Å²) in [6, 6.07) is 14.2. The van der Waals surface area contributed by atoms with Crippen LogP contribution in [-0.4, -0.2) is 27.9 Å². The first-order valence-corrected chi connectivity index (χ1v) is 8.46. The number of rotatable bonds is 5. The number of amides is 3. The fourth-order valence-corrected chi connectivity index (χ4v) is 2.98. The summed E-state index contributed by atoms with van der Waals surface area (Å²) in [5.74, 6) is -0.345. The molecule has 1 aliphatic heterocycles. The Morgan fingerprint density at radius 1 is 1.07 bits per heavy atom. The van der Waals surface area contributed by atoms with Crippen LogP contribution in [0.5, 0.6) is 0 Å². The molecule has 27 heavy (non-hydrogen) atoms. The first-order chi connectivity index (χ1) is 13.1. The van der Waals surface area contributed by atoms with Crippen LogP contribution in [0.2, 0.25) is 0 Å². The molecule has 3 amide bonds. The molecule has 1 aromatic heterocycles. The average Bonchev–Trinajstić information content (AvgIpc) is 3.24. The van der Waals surface area contributed by atoms with Gasteiger partial charge in [-0.2, -0.15) is 0 Å². The van der Waals surface area contributed by atoms with E-state index >= 15 is 0 Å². The molecule has 1 fully saturated rings. The molecule has 3 aromatic rings. The van der Waals surface area contributed by atoms with Gasteiger partial charge in [-0.15, -0.1) is 0 Å². The number of oxazole rings is 1. The summed E-state index contributed by atoms with van der Waals surface area (Å²) in [6.07, 6.45) is 1.82. The summed E-state index contributed by atoms with van der Waals surface area (Å²) in [5, 5.41) is 2.70. The zero-order valence-corrected chi connectivity index (χ0v) is 14.3. The Morgan fingerprint density at radius 2 is 1.81 bits per heavy atom. The van der Waals surface area contributed by atoms with Gasteiger partial charge in [-0.05, 0) is 29.8 Å². The van der Waals surface area contributed by atoms with E-state index in [2.05, 4.69) is 10.3 Å². The topological polar surface area (TPSA) is 75.4 Å². The van der Waals surface area contributed by atoms with Crippen LogP contribution in [0.25, 0.3) is 11.5 Å². The van der Waals surface area contributed by atoms with E-state index in [0.717, 1.165) is 10.5 Å². The predicted octanol–water partition coefficient (Wildman–Crippen LogP) is 3.14. The summed E-state index contributed by atoms with van der Waals surface area (Å²) in [5.41, 5.74) is 2.03. The first kappa shape index (κ1) is 17.0. The third kappa shape index (κ3) is 3.57. The average molecular weight is 365 g/mol. The van der Waals surface area contributed by atoms with Crippen molar-refractivity contribution in [3.05, 3.63) is 77.9 Å². The molecule has 1 N–H and O–H groups in total. The smallest absolute Gasteiger partial charge is 0.325 e. The number of carbonyl (C=O) groups is 2. The van der Waals surface area contributed by atoms with E-state index in [0.29, 0.717) is 23.6 Å². The Hall–Kier alpha value is -3.48.